The number of benzene rings is 1. The fourth-order valence-electron chi connectivity index (χ4n) is 2.94. The molecule has 11 heteroatoms. The fourth-order valence-corrected chi connectivity index (χ4v) is 2.94. The Balaban J connectivity index is 1.84. The molecule has 0 saturated carbocycles. The minimum Gasteiger partial charge on any atom is -0.495 e. The van der Waals surface area contributed by atoms with Gasteiger partial charge in [0, 0.05) is 44.5 Å². The van der Waals surface area contributed by atoms with E-state index in [4.69, 9.17) is 9.47 Å². The highest BCUT2D eigenvalue weighted by molar-refractivity contribution is 5.64. The predicted octanol–water partition coefficient (Wildman–Crippen LogP) is 3.26. The summed E-state index contributed by atoms with van der Waals surface area (Å²) in [6.07, 6.45) is -3.93. The maximum Gasteiger partial charge on any atom is 0.421 e. The molecule has 0 bridgehead atoms. The molecule has 1 fully saturated rings. The average molecular weight is 415 g/mol. The Bertz CT molecular complexity index is 857. The van der Waals surface area contributed by atoms with Crippen LogP contribution < -0.4 is 15.4 Å². The number of aromatic nitrogens is 2. The molecule has 158 valence electrons. The SMILES string of the molecule is CNc1nc(Nc2cc(F)c(CN3CCOCC3)cc2OC)ncc1C(F)(F)F. The Kier molecular flexibility index (Phi) is 6.38. The summed E-state index contributed by atoms with van der Waals surface area (Å²) in [5, 5.41) is 5.11. The number of hydrogen-bond acceptors (Lipinski definition) is 7. The maximum atomic E-state index is 14.6. The molecule has 0 radical (unpaired) electrons. The molecule has 29 heavy (non-hydrogen) atoms. The van der Waals surface area contributed by atoms with Crippen molar-refractivity contribution >= 4 is 17.5 Å². The first-order valence-corrected chi connectivity index (χ1v) is 8.87. The van der Waals surface area contributed by atoms with E-state index >= 15 is 0 Å². The summed E-state index contributed by atoms with van der Waals surface area (Å²) >= 11 is 0. The first-order valence-electron chi connectivity index (χ1n) is 8.87. The molecule has 1 aromatic carbocycles. The molecule has 0 spiro atoms. The second-order valence-electron chi connectivity index (χ2n) is 6.36. The van der Waals surface area contributed by atoms with Gasteiger partial charge in [-0.1, -0.05) is 0 Å². The zero-order chi connectivity index (χ0) is 21.0. The van der Waals surface area contributed by atoms with Crippen LogP contribution in [0.4, 0.5) is 35.0 Å². The summed E-state index contributed by atoms with van der Waals surface area (Å²) in [6, 6.07) is 2.77. The van der Waals surface area contributed by atoms with Gasteiger partial charge in [0.2, 0.25) is 5.95 Å². The van der Waals surface area contributed by atoms with E-state index in [2.05, 4.69) is 25.5 Å². The second-order valence-corrected chi connectivity index (χ2v) is 6.36. The van der Waals surface area contributed by atoms with Gasteiger partial charge in [0.25, 0.3) is 0 Å². The average Bonchev–Trinajstić information content (AvgIpc) is 2.69. The Hall–Kier alpha value is -2.66. The van der Waals surface area contributed by atoms with Crippen LogP contribution in [-0.4, -0.2) is 55.3 Å². The van der Waals surface area contributed by atoms with Gasteiger partial charge >= 0.3 is 6.18 Å². The Morgan fingerprint density at radius 2 is 1.97 bits per heavy atom. The number of alkyl halides is 3. The van der Waals surface area contributed by atoms with Crippen molar-refractivity contribution in [3.8, 4) is 5.75 Å². The molecule has 1 aromatic heterocycles. The van der Waals surface area contributed by atoms with Crippen LogP contribution in [0, 0.1) is 5.82 Å². The van der Waals surface area contributed by atoms with Gasteiger partial charge in [-0.25, -0.2) is 9.37 Å². The van der Waals surface area contributed by atoms with Crippen LogP contribution in [0.3, 0.4) is 0 Å². The summed E-state index contributed by atoms with van der Waals surface area (Å²) in [6.45, 7) is 2.99. The van der Waals surface area contributed by atoms with Crippen LogP contribution in [0.5, 0.6) is 5.75 Å². The lowest BCUT2D eigenvalue weighted by Gasteiger charge is -2.27. The molecule has 3 rings (SSSR count). The molecule has 2 N–H and O–H groups in total. The molecule has 1 aliphatic rings. The molecular formula is C18H21F4N5O2. The van der Waals surface area contributed by atoms with E-state index in [1.54, 1.807) is 6.07 Å². The van der Waals surface area contributed by atoms with Crippen molar-refractivity contribution in [1.29, 1.82) is 0 Å². The first kappa shape index (κ1) is 21.1. The van der Waals surface area contributed by atoms with Gasteiger partial charge in [0.05, 0.1) is 26.0 Å². The molecule has 2 aromatic rings. The van der Waals surface area contributed by atoms with Crippen LogP contribution in [-0.2, 0) is 17.5 Å². The van der Waals surface area contributed by atoms with Crippen molar-refractivity contribution in [2.45, 2.75) is 12.7 Å². The van der Waals surface area contributed by atoms with Crippen LogP contribution in [0.15, 0.2) is 18.3 Å². The van der Waals surface area contributed by atoms with E-state index in [-0.39, 0.29) is 11.6 Å². The number of rotatable bonds is 6. The summed E-state index contributed by atoms with van der Waals surface area (Å²) < 4.78 is 64.2. The third-order valence-corrected chi connectivity index (χ3v) is 4.44. The predicted molar refractivity (Wildman–Crippen MR) is 98.9 cm³/mol. The van der Waals surface area contributed by atoms with Gasteiger partial charge in [-0.3, -0.25) is 4.90 Å². The third-order valence-electron chi connectivity index (χ3n) is 4.44. The van der Waals surface area contributed by atoms with E-state index < -0.39 is 23.4 Å². The highest BCUT2D eigenvalue weighted by atomic mass is 19.4. The number of anilines is 3. The number of ether oxygens (including phenoxy) is 2. The van der Waals surface area contributed by atoms with Gasteiger partial charge in [-0.15, -0.1) is 0 Å². The number of halogens is 4. The molecule has 0 aliphatic carbocycles. The lowest BCUT2D eigenvalue weighted by atomic mass is 10.1. The molecule has 1 saturated heterocycles. The van der Waals surface area contributed by atoms with Gasteiger partial charge < -0.3 is 20.1 Å². The third kappa shape index (κ3) is 5.04. The zero-order valence-electron chi connectivity index (χ0n) is 15.9. The van der Waals surface area contributed by atoms with E-state index in [0.717, 1.165) is 0 Å². The topological polar surface area (TPSA) is 71.5 Å². The highest BCUT2D eigenvalue weighted by Gasteiger charge is 2.35. The van der Waals surface area contributed by atoms with E-state index in [0.29, 0.717) is 50.4 Å². The van der Waals surface area contributed by atoms with Crippen molar-refractivity contribution in [3.63, 3.8) is 0 Å². The van der Waals surface area contributed by atoms with Gasteiger partial charge in [0.1, 0.15) is 22.9 Å². The number of morpholine rings is 1. The van der Waals surface area contributed by atoms with Crippen molar-refractivity contribution < 1.29 is 27.0 Å². The van der Waals surface area contributed by atoms with Crippen LogP contribution in [0.1, 0.15) is 11.1 Å². The standard InChI is InChI=1S/C18H21F4N5O2/c1-23-16-12(18(20,21)22)9-24-17(26-16)25-14-8-13(19)11(7-15(14)28-2)10-27-3-5-29-6-4-27/h7-9H,3-6,10H2,1-2H3,(H2,23,24,25,26). The summed E-state index contributed by atoms with van der Waals surface area (Å²) in [4.78, 5) is 9.57. The van der Waals surface area contributed by atoms with Crippen molar-refractivity contribution in [1.82, 2.24) is 14.9 Å². The molecular weight excluding hydrogens is 394 g/mol. The van der Waals surface area contributed by atoms with E-state index in [1.165, 1.54) is 20.2 Å². The highest BCUT2D eigenvalue weighted by Crippen LogP contribution is 2.35. The molecule has 7 nitrogen and oxygen atoms in total. The normalized spacial score (nSPS) is 15.2. The maximum absolute atomic E-state index is 14.6. The summed E-state index contributed by atoms with van der Waals surface area (Å²) in [5.41, 5.74) is -0.347. The monoisotopic (exact) mass is 415 g/mol. The lowest BCUT2D eigenvalue weighted by Crippen LogP contribution is -2.35. The minimum absolute atomic E-state index is 0.124. The number of methoxy groups -OCH3 is 1. The fraction of sp³-hybridized carbons (Fsp3) is 0.444. The molecule has 1 aliphatic heterocycles. The summed E-state index contributed by atoms with van der Waals surface area (Å²) in [7, 11) is 2.74. The van der Waals surface area contributed by atoms with Gasteiger partial charge in [0.15, 0.2) is 0 Å². The van der Waals surface area contributed by atoms with Crippen molar-refractivity contribution in [2.24, 2.45) is 0 Å². The number of hydrogen-bond donors (Lipinski definition) is 2. The quantitative estimate of drug-likeness (QED) is 0.702. The van der Waals surface area contributed by atoms with Gasteiger partial charge in [-0.05, 0) is 6.07 Å². The first-order chi connectivity index (χ1) is 13.8. The van der Waals surface area contributed by atoms with E-state index in [1.807, 2.05) is 0 Å². The van der Waals surface area contributed by atoms with Gasteiger partial charge in [-0.2, -0.15) is 18.2 Å². The minimum atomic E-state index is -4.60. The number of nitrogens with zero attached hydrogens (tertiary/aromatic N) is 3. The Labute approximate surface area is 165 Å². The van der Waals surface area contributed by atoms with Crippen LogP contribution >= 0.6 is 0 Å². The molecule has 0 unspecified atom stereocenters. The Morgan fingerprint density at radius 3 is 2.59 bits per heavy atom. The van der Waals surface area contributed by atoms with E-state index in [9.17, 15) is 17.6 Å². The molecule has 0 atom stereocenters. The van der Waals surface area contributed by atoms with Crippen LogP contribution in [0.25, 0.3) is 0 Å². The van der Waals surface area contributed by atoms with Crippen LogP contribution in [0.2, 0.25) is 0 Å². The zero-order valence-corrected chi connectivity index (χ0v) is 15.9. The molecule has 0 amide bonds. The number of nitrogens with one attached hydrogen (secondary N) is 2. The lowest BCUT2D eigenvalue weighted by molar-refractivity contribution is -0.137. The Morgan fingerprint density at radius 1 is 1.24 bits per heavy atom. The smallest absolute Gasteiger partial charge is 0.421 e. The second kappa shape index (κ2) is 8.78. The summed E-state index contributed by atoms with van der Waals surface area (Å²) in [5.74, 6) is -0.663. The van der Waals surface area contributed by atoms with Crippen molar-refractivity contribution in [3.05, 3.63) is 35.3 Å². The largest absolute Gasteiger partial charge is 0.495 e. The van der Waals surface area contributed by atoms with Crippen molar-refractivity contribution in [2.75, 3.05) is 51.1 Å². The molecule has 2 heterocycles.